The molecule has 1 saturated carbocycles. The van der Waals surface area contributed by atoms with Crippen LogP contribution in [-0.2, 0) is 4.79 Å². The van der Waals surface area contributed by atoms with Gasteiger partial charge in [0.05, 0.1) is 0 Å². The third-order valence-electron chi connectivity index (χ3n) is 3.56. The normalized spacial score (nSPS) is 18.6. The van der Waals surface area contributed by atoms with E-state index in [0.29, 0.717) is 18.0 Å². The van der Waals surface area contributed by atoms with Crippen molar-refractivity contribution in [1.29, 1.82) is 0 Å². The van der Waals surface area contributed by atoms with Crippen LogP contribution in [-0.4, -0.2) is 17.8 Å². The van der Waals surface area contributed by atoms with Crippen molar-refractivity contribution >= 4 is 17.7 Å². The molecule has 1 fully saturated rings. The molecule has 1 rings (SSSR count). The maximum Gasteiger partial charge on any atom is 0.471 e. The molecule has 0 aliphatic heterocycles. The number of hydrogen-bond donors (Lipinski definition) is 1. The van der Waals surface area contributed by atoms with Crippen molar-refractivity contribution < 1.29 is 18.0 Å². The second-order valence-electron chi connectivity index (χ2n) is 5.16. The van der Waals surface area contributed by atoms with Gasteiger partial charge in [0.25, 0.3) is 0 Å². The molecular formula is C14H22F3NOS. The van der Waals surface area contributed by atoms with E-state index >= 15 is 0 Å². The van der Waals surface area contributed by atoms with Crippen molar-refractivity contribution in [3.8, 4) is 0 Å². The van der Waals surface area contributed by atoms with Crippen molar-refractivity contribution in [3.63, 3.8) is 0 Å². The predicted octanol–water partition coefficient (Wildman–Crippen LogP) is 4.62. The van der Waals surface area contributed by atoms with E-state index in [1.807, 2.05) is 5.32 Å². The molecule has 0 atom stereocenters. The highest BCUT2D eigenvalue weighted by molar-refractivity contribution is 8.03. The van der Waals surface area contributed by atoms with E-state index in [-0.39, 0.29) is 0 Å². The monoisotopic (exact) mass is 309 g/mol. The summed E-state index contributed by atoms with van der Waals surface area (Å²) in [4.78, 5) is 11.8. The Morgan fingerprint density at radius 2 is 1.85 bits per heavy atom. The van der Waals surface area contributed by atoms with E-state index in [1.165, 1.54) is 32.1 Å². The summed E-state index contributed by atoms with van der Waals surface area (Å²) in [5.41, 5.74) is 0.383. The van der Waals surface area contributed by atoms with E-state index in [2.05, 4.69) is 0 Å². The lowest BCUT2D eigenvalue weighted by molar-refractivity contribution is -0.172. The van der Waals surface area contributed by atoms with E-state index < -0.39 is 12.1 Å². The van der Waals surface area contributed by atoms with Crippen LogP contribution < -0.4 is 5.32 Å². The Labute approximate surface area is 122 Å². The van der Waals surface area contributed by atoms with Gasteiger partial charge in [-0.15, -0.1) is 11.8 Å². The highest BCUT2D eigenvalue weighted by Crippen LogP contribution is 2.30. The summed E-state index contributed by atoms with van der Waals surface area (Å²) < 4.78 is 36.7. The van der Waals surface area contributed by atoms with Crippen molar-refractivity contribution in [2.75, 3.05) is 5.75 Å². The van der Waals surface area contributed by atoms with Crippen molar-refractivity contribution in [3.05, 3.63) is 10.6 Å². The summed E-state index contributed by atoms with van der Waals surface area (Å²) in [6, 6.07) is 0. The van der Waals surface area contributed by atoms with Gasteiger partial charge in [-0.25, -0.2) is 0 Å². The molecule has 1 aliphatic carbocycles. The number of halogens is 3. The number of rotatable bonds is 5. The molecule has 116 valence electrons. The van der Waals surface area contributed by atoms with Gasteiger partial charge in [0.15, 0.2) is 0 Å². The van der Waals surface area contributed by atoms with E-state index in [4.69, 9.17) is 0 Å². The van der Waals surface area contributed by atoms with Crippen LogP contribution in [0.3, 0.4) is 0 Å². The summed E-state index contributed by atoms with van der Waals surface area (Å²) in [6.07, 6.45) is 1.77. The number of allylic oxidation sites excluding steroid dienone is 2. The predicted molar refractivity (Wildman–Crippen MR) is 76.2 cm³/mol. The summed E-state index contributed by atoms with van der Waals surface area (Å²) in [6.45, 7) is 3.53. The smallest absolute Gasteiger partial charge is 0.321 e. The zero-order chi connectivity index (χ0) is 15.2. The van der Waals surface area contributed by atoms with Gasteiger partial charge in [-0.1, -0.05) is 26.2 Å². The van der Waals surface area contributed by atoms with Crippen LogP contribution in [0, 0.1) is 5.92 Å². The molecule has 0 spiro atoms. The molecule has 0 aromatic carbocycles. The molecule has 0 saturated heterocycles. The Morgan fingerprint density at radius 3 is 2.35 bits per heavy atom. The number of hydrogen-bond acceptors (Lipinski definition) is 2. The number of amides is 1. The third kappa shape index (κ3) is 5.77. The molecule has 20 heavy (non-hydrogen) atoms. The first-order valence-electron chi connectivity index (χ1n) is 7.05. The quantitative estimate of drug-likeness (QED) is 0.803. The van der Waals surface area contributed by atoms with Gasteiger partial charge in [-0.05, 0) is 32.1 Å². The first-order chi connectivity index (χ1) is 9.34. The maximum absolute atomic E-state index is 12.2. The Hall–Kier alpha value is -0.650. The zero-order valence-corrected chi connectivity index (χ0v) is 12.8. The number of alkyl halides is 3. The first kappa shape index (κ1) is 17.4. The first-order valence-corrected chi connectivity index (χ1v) is 8.03. The van der Waals surface area contributed by atoms with Gasteiger partial charge in [0.2, 0.25) is 0 Å². The molecule has 6 heteroatoms. The van der Waals surface area contributed by atoms with Crippen molar-refractivity contribution in [2.45, 2.75) is 58.5 Å². The third-order valence-corrected chi connectivity index (χ3v) is 4.88. The van der Waals surface area contributed by atoms with Crippen LogP contribution in [0.5, 0.6) is 0 Å². The molecule has 2 nitrogen and oxygen atoms in total. The second-order valence-corrected chi connectivity index (χ2v) is 6.39. The standard InChI is InChI=1S/C14H22F3NOS/c1-3-12(18-13(19)14(15,16)17)10(2)20-9-11-7-5-4-6-8-11/h11H,3-9H2,1-2H3,(H,18,19)/b12-10+. The minimum atomic E-state index is -4.82. The van der Waals surface area contributed by atoms with Crippen LogP contribution in [0.15, 0.2) is 10.6 Å². The molecule has 1 N–H and O–H groups in total. The molecule has 0 radical (unpaired) electrons. The summed E-state index contributed by atoms with van der Waals surface area (Å²) >= 11 is 1.57. The minimum Gasteiger partial charge on any atom is -0.321 e. The Morgan fingerprint density at radius 1 is 1.25 bits per heavy atom. The number of nitrogens with one attached hydrogen (secondary N) is 1. The van der Waals surface area contributed by atoms with Crippen molar-refractivity contribution in [1.82, 2.24) is 5.32 Å². The second kappa shape index (κ2) is 7.96. The molecule has 1 amide bonds. The average molecular weight is 309 g/mol. The SMILES string of the molecule is CC/C(NC(=O)C(F)(F)F)=C(/C)SCC1CCCCC1. The van der Waals surface area contributed by atoms with Crippen LogP contribution in [0.4, 0.5) is 13.2 Å². The minimum absolute atomic E-state index is 0.383. The molecule has 1 aliphatic rings. The highest BCUT2D eigenvalue weighted by Gasteiger charge is 2.39. The van der Waals surface area contributed by atoms with E-state index in [9.17, 15) is 18.0 Å². The Balaban J connectivity index is 2.53. The molecule has 0 aromatic rings. The van der Waals surface area contributed by atoms with E-state index in [1.54, 1.807) is 25.6 Å². The molecule has 0 unspecified atom stereocenters. The van der Waals surface area contributed by atoms with Crippen LogP contribution >= 0.6 is 11.8 Å². The number of carbonyl (C=O) groups excluding carboxylic acids is 1. The number of thioether (sulfide) groups is 1. The fourth-order valence-electron chi connectivity index (χ4n) is 2.32. The van der Waals surface area contributed by atoms with Gasteiger partial charge in [0.1, 0.15) is 0 Å². The lowest BCUT2D eigenvalue weighted by atomic mass is 9.91. The lowest BCUT2D eigenvalue weighted by Gasteiger charge is -2.21. The number of carbonyl (C=O) groups is 1. The summed E-state index contributed by atoms with van der Waals surface area (Å²) in [5.74, 6) is -0.302. The largest absolute Gasteiger partial charge is 0.471 e. The lowest BCUT2D eigenvalue weighted by Crippen LogP contribution is -2.36. The van der Waals surface area contributed by atoms with Gasteiger partial charge < -0.3 is 5.32 Å². The van der Waals surface area contributed by atoms with Crippen LogP contribution in [0.1, 0.15) is 52.4 Å². The van der Waals surface area contributed by atoms with E-state index in [0.717, 1.165) is 10.7 Å². The molecule has 0 bridgehead atoms. The topological polar surface area (TPSA) is 29.1 Å². The van der Waals surface area contributed by atoms with Gasteiger partial charge in [-0.3, -0.25) is 4.79 Å². The fourth-order valence-corrected chi connectivity index (χ4v) is 3.51. The molecule has 0 heterocycles. The average Bonchev–Trinajstić information content (AvgIpc) is 2.41. The fraction of sp³-hybridized carbons (Fsp3) is 0.786. The van der Waals surface area contributed by atoms with Crippen molar-refractivity contribution in [2.24, 2.45) is 5.92 Å². The van der Waals surface area contributed by atoms with Gasteiger partial charge in [0, 0.05) is 16.4 Å². The maximum atomic E-state index is 12.2. The van der Waals surface area contributed by atoms with Crippen LogP contribution in [0.25, 0.3) is 0 Å². The summed E-state index contributed by atoms with van der Waals surface area (Å²) in [5, 5.41) is 1.99. The summed E-state index contributed by atoms with van der Waals surface area (Å²) in [7, 11) is 0. The Kier molecular flexibility index (Phi) is 6.92. The molecule has 0 aromatic heterocycles. The van der Waals surface area contributed by atoms with Gasteiger partial charge >= 0.3 is 12.1 Å². The highest BCUT2D eigenvalue weighted by atomic mass is 32.2. The Bertz CT molecular complexity index is 360. The molecular weight excluding hydrogens is 287 g/mol. The van der Waals surface area contributed by atoms with Gasteiger partial charge in [-0.2, -0.15) is 13.2 Å². The van der Waals surface area contributed by atoms with Crippen LogP contribution in [0.2, 0.25) is 0 Å². The zero-order valence-electron chi connectivity index (χ0n) is 12.0.